The van der Waals surface area contributed by atoms with Crippen molar-refractivity contribution in [1.29, 1.82) is 0 Å². The van der Waals surface area contributed by atoms with Gasteiger partial charge in [0.25, 0.3) is 0 Å². The molecule has 0 aliphatic heterocycles. The average Bonchev–Trinajstić information content (AvgIpc) is 2.62. The minimum atomic E-state index is 0.0132. The molecular formula is C21H28N2O. The Balaban J connectivity index is 2.09. The quantitative estimate of drug-likeness (QED) is 0.771. The lowest BCUT2D eigenvalue weighted by atomic mass is 9.98. The van der Waals surface area contributed by atoms with Crippen molar-refractivity contribution in [3.63, 3.8) is 0 Å². The first-order valence-corrected chi connectivity index (χ1v) is 8.78. The highest BCUT2D eigenvalue weighted by atomic mass is 16.1. The van der Waals surface area contributed by atoms with Crippen LogP contribution < -0.4 is 10.6 Å². The van der Waals surface area contributed by atoms with E-state index in [0.717, 1.165) is 18.4 Å². The van der Waals surface area contributed by atoms with Crippen LogP contribution in [0.3, 0.4) is 0 Å². The van der Waals surface area contributed by atoms with Gasteiger partial charge in [-0.2, -0.15) is 0 Å². The van der Waals surface area contributed by atoms with Gasteiger partial charge in [-0.25, -0.2) is 0 Å². The van der Waals surface area contributed by atoms with Crippen molar-refractivity contribution in [2.45, 2.75) is 45.7 Å². The van der Waals surface area contributed by atoms with Crippen LogP contribution in [0.15, 0.2) is 54.6 Å². The number of rotatable bonds is 8. The van der Waals surface area contributed by atoms with E-state index in [1.807, 2.05) is 18.2 Å². The van der Waals surface area contributed by atoms with Gasteiger partial charge in [0.1, 0.15) is 0 Å². The van der Waals surface area contributed by atoms with Crippen molar-refractivity contribution in [1.82, 2.24) is 10.6 Å². The second kappa shape index (κ2) is 9.24. The molecule has 1 amide bonds. The summed E-state index contributed by atoms with van der Waals surface area (Å²) in [5.74, 6) is 0.0525. The summed E-state index contributed by atoms with van der Waals surface area (Å²) in [5.41, 5.74) is 3.57. The van der Waals surface area contributed by atoms with Crippen LogP contribution in [0.5, 0.6) is 0 Å². The highest BCUT2D eigenvalue weighted by molar-refractivity contribution is 5.78. The summed E-state index contributed by atoms with van der Waals surface area (Å²) in [6.45, 7) is 6.59. The zero-order valence-corrected chi connectivity index (χ0v) is 14.9. The van der Waals surface area contributed by atoms with Gasteiger partial charge in [0, 0.05) is 6.04 Å². The summed E-state index contributed by atoms with van der Waals surface area (Å²) < 4.78 is 0. The van der Waals surface area contributed by atoms with Gasteiger partial charge in [0.05, 0.1) is 12.6 Å². The number of amides is 1. The van der Waals surface area contributed by atoms with Gasteiger partial charge in [0.2, 0.25) is 5.91 Å². The fraction of sp³-hybridized carbons (Fsp3) is 0.381. The SMILES string of the molecule is CCC(CC)NC(=O)CN[C@@H](c1ccccc1)c1ccc(C)cc1. The maximum Gasteiger partial charge on any atom is 0.234 e. The van der Waals surface area contributed by atoms with Gasteiger partial charge < -0.3 is 5.32 Å². The first-order chi connectivity index (χ1) is 11.6. The molecule has 0 saturated heterocycles. The normalized spacial score (nSPS) is 12.2. The van der Waals surface area contributed by atoms with Crippen molar-refractivity contribution < 1.29 is 4.79 Å². The Morgan fingerprint density at radius 2 is 1.50 bits per heavy atom. The molecular weight excluding hydrogens is 296 g/mol. The number of aryl methyl sites for hydroxylation is 1. The third-order valence-corrected chi connectivity index (χ3v) is 4.36. The molecule has 0 spiro atoms. The first kappa shape index (κ1) is 18.2. The van der Waals surface area contributed by atoms with Gasteiger partial charge in [-0.15, -0.1) is 0 Å². The first-order valence-electron chi connectivity index (χ1n) is 8.78. The molecule has 1 atom stereocenters. The van der Waals surface area contributed by atoms with E-state index in [2.05, 4.69) is 67.8 Å². The molecule has 3 nitrogen and oxygen atoms in total. The molecule has 2 aromatic carbocycles. The Labute approximate surface area is 145 Å². The van der Waals surface area contributed by atoms with Gasteiger partial charge in [-0.1, -0.05) is 74.0 Å². The second-order valence-corrected chi connectivity index (χ2v) is 6.22. The highest BCUT2D eigenvalue weighted by Crippen LogP contribution is 2.22. The van der Waals surface area contributed by atoms with E-state index in [0.29, 0.717) is 6.54 Å². The number of carbonyl (C=O) groups is 1. The van der Waals surface area contributed by atoms with Crippen molar-refractivity contribution in [3.8, 4) is 0 Å². The third kappa shape index (κ3) is 5.20. The number of hydrogen-bond donors (Lipinski definition) is 2. The standard InChI is InChI=1S/C21H28N2O/c1-4-19(5-2)23-20(24)15-22-21(17-9-7-6-8-10-17)18-13-11-16(3)12-14-18/h6-14,19,21-22H,4-5,15H2,1-3H3,(H,23,24)/t21-/m0/s1. The lowest BCUT2D eigenvalue weighted by molar-refractivity contribution is -0.121. The van der Waals surface area contributed by atoms with Crippen molar-refractivity contribution >= 4 is 5.91 Å². The maximum atomic E-state index is 12.2. The molecule has 0 aliphatic carbocycles. The van der Waals surface area contributed by atoms with E-state index >= 15 is 0 Å². The third-order valence-electron chi connectivity index (χ3n) is 4.36. The average molecular weight is 324 g/mol. The molecule has 0 unspecified atom stereocenters. The zero-order valence-electron chi connectivity index (χ0n) is 14.9. The Kier molecular flexibility index (Phi) is 7.01. The molecule has 2 N–H and O–H groups in total. The van der Waals surface area contributed by atoms with Gasteiger partial charge in [-0.05, 0) is 30.9 Å². The molecule has 0 bridgehead atoms. The van der Waals surface area contributed by atoms with Crippen LogP contribution in [0.1, 0.15) is 49.4 Å². The predicted molar refractivity (Wildman–Crippen MR) is 100.0 cm³/mol. The molecule has 0 aromatic heterocycles. The Morgan fingerprint density at radius 3 is 2.08 bits per heavy atom. The number of hydrogen-bond acceptors (Lipinski definition) is 2. The summed E-state index contributed by atoms with van der Waals surface area (Å²) in [4.78, 5) is 12.2. The van der Waals surface area contributed by atoms with Crippen molar-refractivity contribution in [2.75, 3.05) is 6.54 Å². The van der Waals surface area contributed by atoms with E-state index in [4.69, 9.17) is 0 Å². The monoisotopic (exact) mass is 324 g/mol. The molecule has 2 aromatic rings. The summed E-state index contributed by atoms with van der Waals surface area (Å²) in [6.07, 6.45) is 1.92. The van der Waals surface area contributed by atoms with Crippen LogP contribution in [0, 0.1) is 6.92 Å². The minimum absolute atomic E-state index is 0.0132. The van der Waals surface area contributed by atoms with Crippen LogP contribution in [-0.4, -0.2) is 18.5 Å². The minimum Gasteiger partial charge on any atom is -0.352 e. The lowest BCUT2D eigenvalue weighted by Gasteiger charge is -2.21. The van der Waals surface area contributed by atoms with Crippen LogP contribution in [0.2, 0.25) is 0 Å². The molecule has 0 saturated carbocycles. The zero-order chi connectivity index (χ0) is 17.4. The fourth-order valence-electron chi connectivity index (χ4n) is 2.80. The molecule has 128 valence electrons. The van der Waals surface area contributed by atoms with Crippen LogP contribution >= 0.6 is 0 Å². The van der Waals surface area contributed by atoms with Gasteiger partial charge in [0.15, 0.2) is 0 Å². The topological polar surface area (TPSA) is 41.1 Å². The summed E-state index contributed by atoms with van der Waals surface area (Å²) in [6, 6.07) is 19.0. The van der Waals surface area contributed by atoms with Crippen LogP contribution in [0.25, 0.3) is 0 Å². The van der Waals surface area contributed by atoms with Crippen LogP contribution in [-0.2, 0) is 4.79 Å². The van der Waals surface area contributed by atoms with Gasteiger partial charge in [-0.3, -0.25) is 10.1 Å². The second-order valence-electron chi connectivity index (χ2n) is 6.22. The largest absolute Gasteiger partial charge is 0.352 e. The van der Waals surface area contributed by atoms with E-state index in [-0.39, 0.29) is 18.0 Å². The summed E-state index contributed by atoms with van der Waals surface area (Å²) in [5, 5.41) is 6.50. The van der Waals surface area contributed by atoms with Gasteiger partial charge >= 0.3 is 0 Å². The van der Waals surface area contributed by atoms with E-state index in [9.17, 15) is 4.79 Å². The summed E-state index contributed by atoms with van der Waals surface area (Å²) in [7, 11) is 0. The van der Waals surface area contributed by atoms with Crippen molar-refractivity contribution in [3.05, 3.63) is 71.3 Å². The smallest absolute Gasteiger partial charge is 0.234 e. The molecule has 3 heteroatoms. The van der Waals surface area contributed by atoms with Crippen molar-refractivity contribution in [2.24, 2.45) is 0 Å². The van der Waals surface area contributed by atoms with E-state index in [1.54, 1.807) is 0 Å². The predicted octanol–water partition coefficient (Wildman–Crippen LogP) is 3.98. The molecule has 0 fully saturated rings. The molecule has 0 radical (unpaired) electrons. The molecule has 0 aliphatic rings. The number of benzene rings is 2. The Hall–Kier alpha value is -2.13. The highest BCUT2D eigenvalue weighted by Gasteiger charge is 2.15. The Bertz CT molecular complexity index is 618. The fourth-order valence-corrected chi connectivity index (χ4v) is 2.80. The van der Waals surface area contributed by atoms with E-state index in [1.165, 1.54) is 11.1 Å². The number of nitrogens with one attached hydrogen (secondary N) is 2. The molecule has 24 heavy (non-hydrogen) atoms. The number of carbonyl (C=O) groups excluding carboxylic acids is 1. The maximum absolute atomic E-state index is 12.2. The molecule has 2 rings (SSSR count). The molecule has 0 heterocycles. The van der Waals surface area contributed by atoms with Crippen LogP contribution in [0.4, 0.5) is 0 Å². The van der Waals surface area contributed by atoms with E-state index < -0.39 is 0 Å². The summed E-state index contributed by atoms with van der Waals surface area (Å²) >= 11 is 0. The Morgan fingerprint density at radius 1 is 0.917 bits per heavy atom. The lowest BCUT2D eigenvalue weighted by Crippen LogP contribution is -2.41.